The van der Waals surface area contributed by atoms with Crippen molar-refractivity contribution in [3.8, 4) is 22.5 Å². The number of rotatable bonds is 5. The summed E-state index contributed by atoms with van der Waals surface area (Å²) in [7, 11) is -2.51. The third-order valence-corrected chi connectivity index (χ3v) is 6.75. The molecule has 1 N–H and O–H groups in total. The largest absolute Gasteiger partial charge is 0.280 e. The van der Waals surface area contributed by atoms with E-state index in [2.05, 4.69) is 19.9 Å². The summed E-state index contributed by atoms with van der Waals surface area (Å²) in [5, 5.41) is 8.33. The zero-order valence-corrected chi connectivity index (χ0v) is 19.0. The van der Waals surface area contributed by atoms with Crippen molar-refractivity contribution in [2.24, 2.45) is 7.05 Å². The number of aryl methyl sites for hydroxylation is 1. The van der Waals surface area contributed by atoms with Crippen LogP contribution in [0.4, 0.5) is 14.5 Å². The summed E-state index contributed by atoms with van der Waals surface area (Å²) in [6, 6.07) is 11.1. The van der Waals surface area contributed by atoms with E-state index in [1.54, 1.807) is 39.8 Å². The van der Waals surface area contributed by atoms with Crippen molar-refractivity contribution in [1.29, 1.82) is 0 Å². The van der Waals surface area contributed by atoms with Gasteiger partial charge in [-0.25, -0.2) is 26.7 Å². The minimum Gasteiger partial charge on any atom is -0.280 e. The lowest BCUT2D eigenvalue weighted by molar-refractivity contribution is 0.551. The van der Waals surface area contributed by atoms with Gasteiger partial charge < -0.3 is 0 Å². The summed E-state index contributed by atoms with van der Waals surface area (Å²) in [5.74, 6) is -2.29. The monoisotopic (exact) mass is 500 g/mol. The molecular formula is C22H15ClF2N6O2S. The van der Waals surface area contributed by atoms with Gasteiger partial charge in [-0.1, -0.05) is 23.7 Å². The summed E-state index contributed by atoms with van der Waals surface area (Å²) in [4.78, 5) is 3.61. The van der Waals surface area contributed by atoms with Gasteiger partial charge in [0.15, 0.2) is 5.65 Å². The average Bonchev–Trinajstić information content (AvgIpc) is 3.41. The smallest absolute Gasteiger partial charge is 0.264 e. The SMILES string of the molecule is Cn1cc(-c2cnc3ccc(-c4ccc(NS(=O)(=O)c5cc(Cl)c(F)cc5F)cc4)nn23)cn1. The summed E-state index contributed by atoms with van der Waals surface area (Å²) in [6.07, 6.45) is 5.29. The Hall–Kier alpha value is -3.83. The Kier molecular flexibility index (Phi) is 5.29. The van der Waals surface area contributed by atoms with Gasteiger partial charge in [0.05, 0.1) is 28.8 Å². The highest BCUT2D eigenvalue weighted by atomic mass is 35.5. The topological polar surface area (TPSA) is 94.2 Å². The maximum absolute atomic E-state index is 14.0. The molecule has 3 heterocycles. The number of imidazole rings is 1. The van der Waals surface area contributed by atoms with Gasteiger partial charge in [-0.05, 0) is 30.3 Å². The van der Waals surface area contributed by atoms with Crippen LogP contribution in [0.5, 0.6) is 0 Å². The van der Waals surface area contributed by atoms with Gasteiger partial charge in [0.1, 0.15) is 16.5 Å². The number of hydrogen-bond acceptors (Lipinski definition) is 5. The number of sulfonamides is 1. The number of anilines is 1. The van der Waals surface area contributed by atoms with E-state index in [4.69, 9.17) is 11.6 Å². The van der Waals surface area contributed by atoms with Crippen LogP contribution in [0.1, 0.15) is 0 Å². The Morgan fingerprint density at radius 2 is 1.74 bits per heavy atom. The molecule has 172 valence electrons. The fourth-order valence-corrected chi connectivity index (χ4v) is 4.78. The molecule has 34 heavy (non-hydrogen) atoms. The molecule has 0 unspecified atom stereocenters. The zero-order valence-electron chi connectivity index (χ0n) is 17.4. The second-order valence-electron chi connectivity index (χ2n) is 7.41. The molecule has 2 aromatic carbocycles. The third-order valence-electron chi connectivity index (χ3n) is 5.06. The number of benzene rings is 2. The molecule has 0 fully saturated rings. The fraction of sp³-hybridized carbons (Fsp3) is 0.0455. The van der Waals surface area contributed by atoms with Crippen LogP contribution in [0.2, 0.25) is 5.02 Å². The van der Waals surface area contributed by atoms with Crippen LogP contribution in [-0.2, 0) is 17.1 Å². The van der Waals surface area contributed by atoms with E-state index in [-0.39, 0.29) is 5.69 Å². The Balaban J connectivity index is 1.44. The number of fused-ring (bicyclic) bond motifs is 1. The number of hydrogen-bond donors (Lipinski definition) is 1. The van der Waals surface area contributed by atoms with Crippen LogP contribution in [-0.4, -0.2) is 32.8 Å². The number of nitrogens with one attached hydrogen (secondary N) is 1. The standard InChI is InChI=1S/C22H15ClF2N6O2S/c1-30-12-14(10-27-30)20-11-26-22-7-6-19(28-31(20)22)13-2-4-15(5-3-13)29-34(32,33)21-8-16(23)17(24)9-18(21)25/h2-12,29H,1H3. The first-order valence-corrected chi connectivity index (χ1v) is 11.7. The maximum atomic E-state index is 14.0. The van der Waals surface area contributed by atoms with E-state index < -0.39 is 31.6 Å². The van der Waals surface area contributed by atoms with E-state index >= 15 is 0 Å². The normalized spacial score (nSPS) is 11.8. The first kappa shape index (κ1) is 22.0. The predicted molar refractivity (Wildman–Crippen MR) is 123 cm³/mol. The first-order valence-electron chi connectivity index (χ1n) is 9.83. The Morgan fingerprint density at radius 1 is 0.971 bits per heavy atom. The molecule has 0 spiro atoms. The highest BCUT2D eigenvalue weighted by Gasteiger charge is 2.22. The number of nitrogens with zero attached hydrogens (tertiary/aromatic N) is 5. The molecule has 0 radical (unpaired) electrons. The molecule has 0 aliphatic carbocycles. The summed E-state index contributed by atoms with van der Waals surface area (Å²) < 4.78 is 58.2. The third kappa shape index (κ3) is 3.99. The molecule has 0 bridgehead atoms. The first-order chi connectivity index (χ1) is 16.2. The summed E-state index contributed by atoms with van der Waals surface area (Å²) >= 11 is 5.62. The molecule has 0 aliphatic heterocycles. The van der Waals surface area contributed by atoms with Crippen LogP contribution in [0.15, 0.2) is 72.0 Å². The van der Waals surface area contributed by atoms with E-state index in [1.807, 2.05) is 19.3 Å². The van der Waals surface area contributed by atoms with Crippen molar-refractivity contribution in [2.75, 3.05) is 4.72 Å². The second kappa shape index (κ2) is 8.19. The molecule has 0 atom stereocenters. The minimum atomic E-state index is -4.33. The number of aromatic nitrogens is 5. The molecule has 5 aromatic rings. The van der Waals surface area contributed by atoms with E-state index in [0.717, 1.165) is 17.3 Å². The fourth-order valence-electron chi connectivity index (χ4n) is 3.41. The van der Waals surface area contributed by atoms with E-state index in [1.165, 1.54) is 12.1 Å². The van der Waals surface area contributed by atoms with Crippen LogP contribution < -0.4 is 4.72 Å². The molecule has 0 aliphatic rings. The molecule has 3 aromatic heterocycles. The molecular weight excluding hydrogens is 486 g/mol. The van der Waals surface area contributed by atoms with Crippen molar-refractivity contribution in [3.05, 3.63) is 83.8 Å². The predicted octanol–water partition coefficient (Wildman–Crippen LogP) is 4.53. The van der Waals surface area contributed by atoms with Gasteiger partial charge in [0.2, 0.25) is 0 Å². The van der Waals surface area contributed by atoms with Crippen molar-refractivity contribution >= 4 is 33.0 Å². The summed E-state index contributed by atoms with van der Waals surface area (Å²) in [6.45, 7) is 0. The summed E-state index contributed by atoms with van der Waals surface area (Å²) in [5.41, 5.74) is 3.82. The highest BCUT2D eigenvalue weighted by molar-refractivity contribution is 7.92. The lowest BCUT2D eigenvalue weighted by Crippen LogP contribution is -2.15. The van der Waals surface area contributed by atoms with E-state index in [9.17, 15) is 17.2 Å². The maximum Gasteiger partial charge on any atom is 0.264 e. The van der Waals surface area contributed by atoms with E-state index in [0.29, 0.717) is 23.0 Å². The molecule has 0 saturated carbocycles. The van der Waals surface area contributed by atoms with Gasteiger partial charge in [-0.15, -0.1) is 0 Å². The van der Waals surface area contributed by atoms with Crippen LogP contribution in [0, 0.1) is 11.6 Å². The minimum absolute atomic E-state index is 0.184. The Morgan fingerprint density at radius 3 is 2.44 bits per heavy atom. The molecule has 8 nitrogen and oxygen atoms in total. The lowest BCUT2D eigenvalue weighted by atomic mass is 10.1. The molecule has 12 heteroatoms. The average molecular weight is 501 g/mol. The van der Waals surface area contributed by atoms with Crippen molar-refractivity contribution in [3.63, 3.8) is 0 Å². The molecule has 5 rings (SSSR count). The molecule has 0 saturated heterocycles. The van der Waals surface area contributed by atoms with Crippen LogP contribution in [0.3, 0.4) is 0 Å². The quantitative estimate of drug-likeness (QED) is 0.358. The van der Waals surface area contributed by atoms with Crippen LogP contribution >= 0.6 is 11.6 Å². The van der Waals surface area contributed by atoms with Gasteiger partial charge in [0.25, 0.3) is 10.0 Å². The van der Waals surface area contributed by atoms with Crippen molar-refractivity contribution < 1.29 is 17.2 Å². The van der Waals surface area contributed by atoms with Crippen molar-refractivity contribution in [2.45, 2.75) is 4.90 Å². The highest BCUT2D eigenvalue weighted by Crippen LogP contribution is 2.27. The van der Waals surface area contributed by atoms with Gasteiger partial charge >= 0.3 is 0 Å². The van der Waals surface area contributed by atoms with Gasteiger partial charge in [0, 0.05) is 36.1 Å². The second-order valence-corrected chi connectivity index (χ2v) is 9.47. The van der Waals surface area contributed by atoms with Crippen molar-refractivity contribution in [1.82, 2.24) is 24.4 Å². The Labute approximate surface area is 197 Å². The number of halogens is 3. The zero-order chi connectivity index (χ0) is 24.0. The lowest BCUT2D eigenvalue weighted by Gasteiger charge is -2.10. The van der Waals surface area contributed by atoms with Crippen LogP contribution in [0.25, 0.3) is 28.2 Å². The molecule has 0 amide bonds. The van der Waals surface area contributed by atoms with Gasteiger partial charge in [-0.2, -0.15) is 10.2 Å². The van der Waals surface area contributed by atoms with Gasteiger partial charge in [-0.3, -0.25) is 9.40 Å². The Bertz CT molecular complexity index is 1650.